The Morgan fingerprint density at radius 3 is 2.59 bits per heavy atom. The van der Waals surface area contributed by atoms with Crippen molar-refractivity contribution >= 4 is 15.9 Å². The first kappa shape index (κ1) is 17.5. The van der Waals surface area contributed by atoms with Crippen molar-refractivity contribution in [3.63, 3.8) is 0 Å². The highest BCUT2D eigenvalue weighted by molar-refractivity contribution is 7.91. The first-order valence-corrected chi connectivity index (χ1v) is 9.89. The van der Waals surface area contributed by atoms with Gasteiger partial charge in [0, 0.05) is 19.6 Å². The van der Waals surface area contributed by atoms with Crippen molar-refractivity contribution in [2.24, 2.45) is 5.92 Å². The maximum Gasteiger partial charge on any atom is 0.314 e. The van der Waals surface area contributed by atoms with Crippen LogP contribution in [-0.2, 0) is 9.84 Å². The fourth-order valence-corrected chi connectivity index (χ4v) is 4.91. The van der Waals surface area contributed by atoms with Crippen molar-refractivity contribution in [1.82, 2.24) is 15.5 Å². The molecule has 0 saturated carbocycles. The van der Waals surface area contributed by atoms with Crippen molar-refractivity contribution in [3.8, 4) is 0 Å². The number of carbonyl (C=O) groups is 1. The topological polar surface area (TPSA) is 98.7 Å². The molecule has 0 unspecified atom stereocenters. The lowest BCUT2D eigenvalue weighted by atomic mass is 10.1. The molecule has 2 saturated heterocycles. The van der Waals surface area contributed by atoms with Gasteiger partial charge in [-0.3, -0.25) is 0 Å². The number of nitrogens with zero attached hydrogens (tertiary/aromatic N) is 1. The minimum atomic E-state index is -2.90. The highest BCUT2D eigenvalue weighted by atomic mass is 32.2. The second-order valence-electron chi connectivity index (χ2n) is 6.38. The molecule has 3 N–H and O–H groups in total. The molecule has 2 aliphatic heterocycles. The molecule has 0 spiro atoms. The minimum absolute atomic E-state index is 0.00836. The molecule has 128 valence electrons. The van der Waals surface area contributed by atoms with E-state index in [4.69, 9.17) is 0 Å². The van der Waals surface area contributed by atoms with E-state index in [9.17, 15) is 18.3 Å². The van der Waals surface area contributed by atoms with Gasteiger partial charge in [0.25, 0.3) is 0 Å². The van der Waals surface area contributed by atoms with Crippen LogP contribution in [-0.4, -0.2) is 74.8 Å². The lowest BCUT2D eigenvalue weighted by molar-refractivity contribution is 0.101. The van der Waals surface area contributed by atoms with Gasteiger partial charge >= 0.3 is 6.03 Å². The van der Waals surface area contributed by atoms with Gasteiger partial charge in [0.1, 0.15) is 0 Å². The van der Waals surface area contributed by atoms with E-state index in [1.807, 2.05) is 0 Å². The standard InChI is InChI=1S/C14H27N3O4S/c18-13(10-17-5-2-1-3-6-17)9-16-14(19)15-8-12-4-7-22(20,21)11-12/h12-13,18H,1-11H2,(H2,15,16,19)/t12-,13-/m1/s1. The summed E-state index contributed by atoms with van der Waals surface area (Å²) in [5.41, 5.74) is 0. The van der Waals surface area contributed by atoms with Gasteiger partial charge in [0.05, 0.1) is 17.6 Å². The summed E-state index contributed by atoms with van der Waals surface area (Å²) < 4.78 is 22.6. The van der Waals surface area contributed by atoms with Crippen LogP contribution in [0.1, 0.15) is 25.7 Å². The second kappa shape index (κ2) is 8.12. The lowest BCUT2D eigenvalue weighted by Gasteiger charge is -2.28. The summed E-state index contributed by atoms with van der Waals surface area (Å²) in [5, 5.41) is 15.3. The van der Waals surface area contributed by atoms with E-state index in [0.717, 1.165) is 13.1 Å². The smallest absolute Gasteiger partial charge is 0.314 e. The normalized spacial score (nSPS) is 26.5. The molecule has 0 aromatic rings. The molecule has 0 bridgehead atoms. The van der Waals surface area contributed by atoms with Crippen molar-refractivity contribution in [2.75, 3.05) is 44.2 Å². The number of sulfone groups is 1. The number of piperidine rings is 1. The van der Waals surface area contributed by atoms with Crippen LogP contribution in [0.2, 0.25) is 0 Å². The summed E-state index contributed by atoms with van der Waals surface area (Å²) >= 11 is 0. The molecule has 2 heterocycles. The van der Waals surface area contributed by atoms with E-state index in [0.29, 0.717) is 19.5 Å². The molecule has 2 amide bonds. The van der Waals surface area contributed by atoms with Crippen LogP contribution in [0.4, 0.5) is 4.79 Å². The number of likely N-dealkylation sites (tertiary alicyclic amines) is 1. The van der Waals surface area contributed by atoms with Gasteiger partial charge in [-0.15, -0.1) is 0 Å². The monoisotopic (exact) mass is 333 g/mol. The van der Waals surface area contributed by atoms with Gasteiger partial charge in [-0.2, -0.15) is 0 Å². The Hall–Kier alpha value is -0.860. The Balaban J connectivity index is 1.57. The molecule has 2 aliphatic rings. The Labute approximate surface area is 132 Å². The summed E-state index contributed by atoms with van der Waals surface area (Å²) in [5.74, 6) is 0.384. The van der Waals surface area contributed by atoms with Crippen molar-refractivity contribution in [1.29, 1.82) is 0 Å². The molecular formula is C14H27N3O4S. The van der Waals surface area contributed by atoms with E-state index >= 15 is 0 Å². The Morgan fingerprint density at radius 2 is 1.95 bits per heavy atom. The number of nitrogens with one attached hydrogen (secondary N) is 2. The number of hydrogen-bond donors (Lipinski definition) is 3. The van der Waals surface area contributed by atoms with Crippen LogP contribution in [0.25, 0.3) is 0 Å². The third-order valence-corrected chi connectivity index (χ3v) is 6.13. The SMILES string of the molecule is O=C(NC[C@@H](O)CN1CCCCC1)NC[C@H]1CCS(=O)(=O)C1. The number of carbonyl (C=O) groups excluding carboxylic acids is 1. The fourth-order valence-electron chi connectivity index (χ4n) is 3.05. The molecule has 0 aromatic heterocycles. The van der Waals surface area contributed by atoms with Gasteiger partial charge in [0.15, 0.2) is 9.84 Å². The first-order valence-electron chi connectivity index (χ1n) is 8.07. The molecule has 2 rings (SSSR count). The Kier molecular flexibility index (Phi) is 6.46. The van der Waals surface area contributed by atoms with E-state index in [-0.39, 0.29) is 30.0 Å². The average Bonchev–Trinajstić information content (AvgIpc) is 2.83. The summed E-state index contributed by atoms with van der Waals surface area (Å²) in [6, 6.07) is -0.345. The highest BCUT2D eigenvalue weighted by Crippen LogP contribution is 2.17. The number of aliphatic hydroxyl groups excluding tert-OH is 1. The molecule has 0 radical (unpaired) electrons. The first-order chi connectivity index (χ1) is 10.4. The van der Waals surface area contributed by atoms with E-state index in [1.54, 1.807) is 0 Å². The average molecular weight is 333 g/mol. The molecule has 7 nitrogen and oxygen atoms in total. The zero-order valence-electron chi connectivity index (χ0n) is 13.0. The number of β-amino-alcohol motifs (C(OH)–C–C–N with tert-alkyl or cyclic N) is 1. The second-order valence-corrected chi connectivity index (χ2v) is 8.60. The maximum atomic E-state index is 11.7. The van der Waals surface area contributed by atoms with Crippen molar-refractivity contribution in [3.05, 3.63) is 0 Å². The van der Waals surface area contributed by atoms with E-state index in [2.05, 4.69) is 15.5 Å². The summed E-state index contributed by atoms with van der Waals surface area (Å²) in [6.45, 7) is 3.19. The largest absolute Gasteiger partial charge is 0.390 e. The number of rotatable bonds is 6. The van der Waals surface area contributed by atoms with Gasteiger partial charge in [-0.1, -0.05) is 6.42 Å². The maximum absolute atomic E-state index is 11.7. The van der Waals surface area contributed by atoms with Crippen LogP contribution in [0.5, 0.6) is 0 Å². The van der Waals surface area contributed by atoms with Crippen LogP contribution < -0.4 is 10.6 Å². The van der Waals surface area contributed by atoms with Crippen LogP contribution in [0.3, 0.4) is 0 Å². The molecular weight excluding hydrogens is 306 g/mol. The quantitative estimate of drug-likeness (QED) is 0.612. The number of hydrogen-bond acceptors (Lipinski definition) is 5. The van der Waals surface area contributed by atoms with Gasteiger partial charge < -0.3 is 20.6 Å². The summed E-state index contributed by atoms with van der Waals surface area (Å²) in [6.07, 6.45) is 3.64. The zero-order valence-corrected chi connectivity index (χ0v) is 13.8. The molecule has 0 aliphatic carbocycles. The fraction of sp³-hybridized carbons (Fsp3) is 0.929. The lowest BCUT2D eigenvalue weighted by Crippen LogP contribution is -2.45. The summed E-state index contributed by atoms with van der Waals surface area (Å²) in [7, 11) is -2.90. The van der Waals surface area contributed by atoms with Crippen LogP contribution in [0.15, 0.2) is 0 Å². The molecule has 8 heteroatoms. The van der Waals surface area contributed by atoms with E-state index in [1.165, 1.54) is 19.3 Å². The number of aliphatic hydroxyl groups is 1. The minimum Gasteiger partial charge on any atom is -0.390 e. The Morgan fingerprint density at radius 1 is 1.23 bits per heavy atom. The van der Waals surface area contributed by atoms with E-state index < -0.39 is 15.9 Å². The molecule has 2 fully saturated rings. The third-order valence-electron chi connectivity index (χ3n) is 4.29. The van der Waals surface area contributed by atoms with Gasteiger partial charge in [-0.05, 0) is 38.3 Å². The number of amides is 2. The highest BCUT2D eigenvalue weighted by Gasteiger charge is 2.27. The van der Waals surface area contributed by atoms with Crippen LogP contribution >= 0.6 is 0 Å². The molecule has 0 aromatic carbocycles. The molecule has 2 atom stereocenters. The predicted molar refractivity (Wildman–Crippen MR) is 84.5 cm³/mol. The van der Waals surface area contributed by atoms with Gasteiger partial charge in [-0.25, -0.2) is 13.2 Å². The molecule has 22 heavy (non-hydrogen) atoms. The zero-order chi connectivity index (χ0) is 16.0. The summed E-state index contributed by atoms with van der Waals surface area (Å²) in [4.78, 5) is 13.9. The van der Waals surface area contributed by atoms with Crippen molar-refractivity contribution < 1.29 is 18.3 Å². The number of urea groups is 1. The third kappa shape index (κ3) is 6.10. The van der Waals surface area contributed by atoms with Crippen LogP contribution in [0, 0.1) is 5.92 Å². The van der Waals surface area contributed by atoms with Gasteiger partial charge in [0.2, 0.25) is 0 Å². The Bertz CT molecular complexity index is 463. The van der Waals surface area contributed by atoms with Crippen molar-refractivity contribution in [2.45, 2.75) is 31.8 Å². The predicted octanol–water partition coefficient (Wildman–Crippen LogP) is -0.433.